The SMILES string of the molecule is C=CCSCc1ccccc1. The molecular weight excluding hydrogens is 152 g/mol. The van der Waals surface area contributed by atoms with Gasteiger partial charge in [0.2, 0.25) is 0 Å². The molecule has 0 saturated heterocycles. The smallest absolute Gasteiger partial charge is 0.0187 e. The Balaban J connectivity index is 2.33. The summed E-state index contributed by atoms with van der Waals surface area (Å²) in [4.78, 5) is 0. The fourth-order valence-corrected chi connectivity index (χ4v) is 1.55. The summed E-state index contributed by atoms with van der Waals surface area (Å²) in [5.74, 6) is 2.13. The molecule has 58 valence electrons. The van der Waals surface area contributed by atoms with Crippen LogP contribution in [0.5, 0.6) is 0 Å². The lowest BCUT2D eigenvalue weighted by molar-refractivity contribution is 1.41. The maximum atomic E-state index is 3.67. The lowest BCUT2D eigenvalue weighted by Gasteiger charge is -1.97. The lowest BCUT2D eigenvalue weighted by atomic mass is 10.2. The van der Waals surface area contributed by atoms with Crippen LogP contribution in [0, 0.1) is 0 Å². The summed E-state index contributed by atoms with van der Waals surface area (Å²) in [7, 11) is 0. The predicted octanol–water partition coefficient (Wildman–Crippen LogP) is 3.11. The van der Waals surface area contributed by atoms with Crippen molar-refractivity contribution in [1.82, 2.24) is 0 Å². The molecule has 1 aromatic rings. The van der Waals surface area contributed by atoms with Crippen LogP contribution in [0.2, 0.25) is 0 Å². The zero-order valence-electron chi connectivity index (χ0n) is 6.49. The minimum atomic E-state index is 1.04. The van der Waals surface area contributed by atoms with Crippen molar-refractivity contribution in [2.75, 3.05) is 5.75 Å². The first-order chi connectivity index (χ1) is 5.43. The summed E-state index contributed by atoms with van der Waals surface area (Å²) in [6, 6.07) is 10.5. The number of hydrogen-bond donors (Lipinski definition) is 0. The Bertz CT molecular complexity index is 203. The number of thioether (sulfide) groups is 1. The first-order valence-corrected chi connectivity index (χ1v) is 4.81. The lowest BCUT2D eigenvalue weighted by Crippen LogP contribution is -1.78. The van der Waals surface area contributed by atoms with Gasteiger partial charge >= 0.3 is 0 Å². The predicted molar refractivity (Wildman–Crippen MR) is 52.8 cm³/mol. The zero-order chi connectivity index (χ0) is 7.94. The molecule has 0 nitrogen and oxygen atoms in total. The highest BCUT2D eigenvalue weighted by atomic mass is 32.2. The minimum absolute atomic E-state index is 1.04. The molecule has 1 heteroatoms. The van der Waals surface area contributed by atoms with Gasteiger partial charge < -0.3 is 0 Å². The van der Waals surface area contributed by atoms with Gasteiger partial charge in [-0.2, -0.15) is 11.8 Å². The summed E-state index contributed by atoms with van der Waals surface area (Å²) in [6.45, 7) is 3.67. The zero-order valence-corrected chi connectivity index (χ0v) is 7.31. The van der Waals surface area contributed by atoms with Gasteiger partial charge in [-0.15, -0.1) is 6.58 Å². The Morgan fingerprint density at radius 2 is 2.00 bits per heavy atom. The van der Waals surface area contributed by atoms with Crippen LogP contribution < -0.4 is 0 Å². The molecule has 0 aliphatic rings. The summed E-state index contributed by atoms with van der Waals surface area (Å²) in [6.07, 6.45) is 1.94. The van der Waals surface area contributed by atoms with Gasteiger partial charge in [0.05, 0.1) is 0 Å². The molecular formula is C10H12S. The van der Waals surface area contributed by atoms with Crippen LogP contribution >= 0.6 is 11.8 Å². The van der Waals surface area contributed by atoms with Crippen molar-refractivity contribution < 1.29 is 0 Å². The van der Waals surface area contributed by atoms with Gasteiger partial charge in [0.1, 0.15) is 0 Å². The van der Waals surface area contributed by atoms with E-state index in [-0.39, 0.29) is 0 Å². The van der Waals surface area contributed by atoms with E-state index in [0.29, 0.717) is 0 Å². The second-order valence-electron chi connectivity index (χ2n) is 2.29. The Hall–Kier alpha value is -0.690. The van der Waals surface area contributed by atoms with Gasteiger partial charge in [0, 0.05) is 11.5 Å². The molecule has 0 aliphatic heterocycles. The summed E-state index contributed by atoms with van der Waals surface area (Å²) in [5, 5.41) is 0. The normalized spacial score (nSPS) is 9.45. The Morgan fingerprint density at radius 3 is 2.64 bits per heavy atom. The quantitative estimate of drug-likeness (QED) is 0.486. The summed E-state index contributed by atoms with van der Waals surface area (Å²) < 4.78 is 0. The van der Waals surface area contributed by atoms with Crippen LogP contribution in [0.15, 0.2) is 43.0 Å². The van der Waals surface area contributed by atoms with E-state index in [9.17, 15) is 0 Å². The van der Waals surface area contributed by atoms with Crippen LogP contribution in [-0.4, -0.2) is 5.75 Å². The first kappa shape index (κ1) is 8.41. The molecule has 0 fully saturated rings. The second kappa shape index (κ2) is 5.03. The van der Waals surface area contributed by atoms with Gasteiger partial charge in [0.15, 0.2) is 0 Å². The van der Waals surface area contributed by atoms with E-state index in [1.807, 2.05) is 23.9 Å². The number of rotatable bonds is 4. The van der Waals surface area contributed by atoms with Crippen LogP contribution in [-0.2, 0) is 5.75 Å². The van der Waals surface area contributed by atoms with Crippen molar-refractivity contribution in [3.8, 4) is 0 Å². The average Bonchev–Trinajstić information content (AvgIpc) is 2.07. The summed E-state index contributed by atoms with van der Waals surface area (Å²) >= 11 is 1.89. The third-order valence-electron chi connectivity index (χ3n) is 1.35. The third kappa shape index (κ3) is 3.28. The van der Waals surface area contributed by atoms with Crippen molar-refractivity contribution in [2.24, 2.45) is 0 Å². The van der Waals surface area contributed by atoms with Crippen molar-refractivity contribution in [1.29, 1.82) is 0 Å². The van der Waals surface area contributed by atoms with Crippen LogP contribution in [0.3, 0.4) is 0 Å². The maximum Gasteiger partial charge on any atom is 0.0187 e. The van der Waals surface area contributed by atoms with Crippen molar-refractivity contribution in [2.45, 2.75) is 5.75 Å². The number of hydrogen-bond acceptors (Lipinski definition) is 1. The van der Waals surface area contributed by atoms with Gasteiger partial charge in [-0.25, -0.2) is 0 Å². The molecule has 0 heterocycles. The molecule has 1 aromatic carbocycles. The highest BCUT2D eigenvalue weighted by Crippen LogP contribution is 2.10. The highest BCUT2D eigenvalue weighted by Gasteiger charge is 1.88. The monoisotopic (exact) mass is 164 g/mol. The molecule has 0 atom stereocenters. The molecule has 0 amide bonds. The van der Waals surface area contributed by atoms with Crippen LogP contribution in [0.4, 0.5) is 0 Å². The standard InChI is InChI=1S/C10H12S/c1-2-8-11-9-10-6-4-3-5-7-10/h2-7H,1,8-9H2. The van der Waals surface area contributed by atoms with Crippen molar-refractivity contribution >= 4 is 11.8 Å². The van der Waals surface area contributed by atoms with E-state index in [4.69, 9.17) is 0 Å². The van der Waals surface area contributed by atoms with Gasteiger partial charge in [-0.1, -0.05) is 36.4 Å². The molecule has 0 unspecified atom stereocenters. The van der Waals surface area contributed by atoms with E-state index < -0.39 is 0 Å². The Morgan fingerprint density at radius 1 is 1.27 bits per heavy atom. The summed E-state index contributed by atoms with van der Waals surface area (Å²) in [5.41, 5.74) is 1.39. The van der Waals surface area contributed by atoms with E-state index in [2.05, 4.69) is 30.8 Å². The largest absolute Gasteiger partial charge is 0.153 e. The Kier molecular flexibility index (Phi) is 3.84. The molecule has 0 aromatic heterocycles. The molecule has 0 aliphatic carbocycles. The maximum absolute atomic E-state index is 3.67. The molecule has 0 saturated carbocycles. The number of benzene rings is 1. The minimum Gasteiger partial charge on any atom is -0.153 e. The molecule has 0 N–H and O–H groups in total. The van der Waals surface area contributed by atoms with E-state index in [1.165, 1.54) is 5.56 Å². The molecule has 0 bridgehead atoms. The van der Waals surface area contributed by atoms with Crippen LogP contribution in [0.25, 0.3) is 0 Å². The van der Waals surface area contributed by atoms with E-state index >= 15 is 0 Å². The average molecular weight is 164 g/mol. The topological polar surface area (TPSA) is 0 Å². The first-order valence-electron chi connectivity index (χ1n) is 3.66. The van der Waals surface area contributed by atoms with Gasteiger partial charge in [0.25, 0.3) is 0 Å². The highest BCUT2D eigenvalue weighted by molar-refractivity contribution is 7.98. The fourth-order valence-electron chi connectivity index (χ4n) is 0.834. The molecule has 11 heavy (non-hydrogen) atoms. The Labute approximate surface area is 72.3 Å². The molecule has 1 rings (SSSR count). The third-order valence-corrected chi connectivity index (χ3v) is 2.36. The van der Waals surface area contributed by atoms with E-state index in [1.54, 1.807) is 0 Å². The van der Waals surface area contributed by atoms with Crippen LogP contribution in [0.1, 0.15) is 5.56 Å². The van der Waals surface area contributed by atoms with Crippen molar-refractivity contribution in [3.63, 3.8) is 0 Å². The fraction of sp³-hybridized carbons (Fsp3) is 0.200. The molecule has 0 spiro atoms. The van der Waals surface area contributed by atoms with Gasteiger partial charge in [-0.05, 0) is 5.56 Å². The van der Waals surface area contributed by atoms with E-state index in [0.717, 1.165) is 11.5 Å². The molecule has 0 radical (unpaired) electrons. The second-order valence-corrected chi connectivity index (χ2v) is 3.32. The van der Waals surface area contributed by atoms with Crippen molar-refractivity contribution in [3.05, 3.63) is 48.6 Å². The van der Waals surface area contributed by atoms with Gasteiger partial charge in [-0.3, -0.25) is 0 Å².